The van der Waals surface area contributed by atoms with Gasteiger partial charge in [0.2, 0.25) is 0 Å². The molecule has 142 valence electrons. The second-order valence-electron chi connectivity index (χ2n) is 6.07. The number of anilines is 1. The number of carbonyl (C=O) groups is 2. The molecule has 2 aromatic rings. The molecule has 1 fully saturated rings. The summed E-state index contributed by atoms with van der Waals surface area (Å²) >= 11 is 6.06. The van der Waals surface area contributed by atoms with E-state index in [9.17, 15) is 14.0 Å². The van der Waals surface area contributed by atoms with Gasteiger partial charge in [0.05, 0.1) is 12.1 Å². The number of amides is 3. The first-order valence-corrected chi connectivity index (χ1v) is 8.80. The number of nitrogens with one attached hydrogen (secondary N) is 1. The maximum atomic E-state index is 13.0. The molecule has 0 unspecified atom stereocenters. The summed E-state index contributed by atoms with van der Waals surface area (Å²) in [6, 6.07) is 10.2. The molecule has 0 aliphatic carbocycles. The van der Waals surface area contributed by atoms with Crippen molar-refractivity contribution >= 4 is 29.2 Å². The SMILES string of the molecule is COc1ccc(NC(=O)N2CCN(C(=O)c3ccc(F)cc3)CC2)cc1Cl. The Morgan fingerprint density at radius 1 is 1.04 bits per heavy atom. The molecule has 0 spiro atoms. The number of methoxy groups -OCH3 is 1. The van der Waals surface area contributed by atoms with Crippen LogP contribution in [-0.4, -0.2) is 55.0 Å². The molecule has 0 saturated carbocycles. The van der Waals surface area contributed by atoms with E-state index in [2.05, 4.69) is 5.32 Å². The number of benzene rings is 2. The molecule has 0 atom stereocenters. The third-order valence-corrected chi connectivity index (χ3v) is 4.64. The Labute approximate surface area is 161 Å². The van der Waals surface area contributed by atoms with Crippen molar-refractivity contribution in [3.05, 3.63) is 58.9 Å². The Morgan fingerprint density at radius 2 is 1.67 bits per heavy atom. The number of ether oxygens (including phenoxy) is 1. The largest absolute Gasteiger partial charge is 0.495 e. The van der Waals surface area contributed by atoms with Crippen LogP contribution in [0.4, 0.5) is 14.9 Å². The Kier molecular flexibility index (Phi) is 5.81. The van der Waals surface area contributed by atoms with Gasteiger partial charge >= 0.3 is 6.03 Å². The monoisotopic (exact) mass is 391 g/mol. The minimum atomic E-state index is -0.383. The molecule has 2 aromatic carbocycles. The lowest BCUT2D eigenvalue weighted by Gasteiger charge is -2.34. The van der Waals surface area contributed by atoms with Crippen molar-refractivity contribution in [2.75, 3.05) is 38.6 Å². The summed E-state index contributed by atoms with van der Waals surface area (Å²) in [6.07, 6.45) is 0. The molecule has 1 aliphatic rings. The van der Waals surface area contributed by atoms with Gasteiger partial charge in [0.15, 0.2) is 0 Å². The second-order valence-corrected chi connectivity index (χ2v) is 6.47. The van der Waals surface area contributed by atoms with Crippen LogP contribution in [0.5, 0.6) is 5.75 Å². The first-order valence-electron chi connectivity index (χ1n) is 8.42. The number of urea groups is 1. The number of carbonyl (C=O) groups excluding carboxylic acids is 2. The van der Waals surface area contributed by atoms with E-state index in [1.165, 1.54) is 31.4 Å². The number of nitrogens with zero attached hydrogens (tertiary/aromatic N) is 2. The van der Waals surface area contributed by atoms with Crippen LogP contribution >= 0.6 is 11.6 Å². The maximum absolute atomic E-state index is 13.0. The molecule has 8 heteroatoms. The number of halogens is 2. The normalized spacial score (nSPS) is 14.0. The number of rotatable bonds is 3. The van der Waals surface area contributed by atoms with Crippen LogP contribution in [0.3, 0.4) is 0 Å². The topological polar surface area (TPSA) is 61.9 Å². The van der Waals surface area contributed by atoms with Gasteiger partial charge in [-0.1, -0.05) is 11.6 Å². The average Bonchev–Trinajstić information content (AvgIpc) is 2.68. The average molecular weight is 392 g/mol. The standard InChI is InChI=1S/C19H19ClFN3O3/c1-27-17-7-6-15(12-16(17)20)22-19(26)24-10-8-23(9-11-24)18(25)13-2-4-14(21)5-3-13/h2-7,12H,8-11H2,1H3,(H,22,26). The van der Waals surface area contributed by atoms with Gasteiger partial charge in [0.1, 0.15) is 11.6 Å². The fourth-order valence-electron chi connectivity index (χ4n) is 2.83. The van der Waals surface area contributed by atoms with Crippen LogP contribution in [0, 0.1) is 5.82 Å². The molecule has 0 bridgehead atoms. The molecule has 6 nitrogen and oxygen atoms in total. The summed E-state index contributed by atoms with van der Waals surface area (Å²) in [5.41, 5.74) is 0.998. The van der Waals surface area contributed by atoms with Crippen molar-refractivity contribution in [2.24, 2.45) is 0 Å². The zero-order valence-corrected chi connectivity index (χ0v) is 15.5. The summed E-state index contributed by atoms with van der Waals surface area (Å²) in [7, 11) is 1.52. The van der Waals surface area contributed by atoms with E-state index < -0.39 is 0 Å². The van der Waals surface area contributed by atoms with Crippen molar-refractivity contribution in [3.63, 3.8) is 0 Å². The van der Waals surface area contributed by atoms with Crippen molar-refractivity contribution < 1.29 is 18.7 Å². The van der Waals surface area contributed by atoms with Crippen LogP contribution < -0.4 is 10.1 Å². The highest BCUT2D eigenvalue weighted by Crippen LogP contribution is 2.27. The summed E-state index contributed by atoms with van der Waals surface area (Å²) in [6.45, 7) is 1.63. The predicted octanol–water partition coefficient (Wildman–Crippen LogP) is 3.48. The van der Waals surface area contributed by atoms with Crippen molar-refractivity contribution in [1.29, 1.82) is 0 Å². The quantitative estimate of drug-likeness (QED) is 0.871. The predicted molar refractivity (Wildman–Crippen MR) is 101 cm³/mol. The van der Waals surface area contributed by atoms with E-state index in [1.54, 1.807) is 28.0 Å². The van der Waals surface area contributed by atoms with Gasteiger partial charge in [-0.15, -0.1) is 0 Å². The lowest BCUT2D eigenvalue weighted by molar-refractivity contribution is 0.0671. The van der Waals surface area contributed by atoms with Gasteiger partial charge in [0.25, 0.3) is 5.91 Å². The molecule has 1 aliphatic heterocycles. The van der Waals surface area contributed by atoms with Gasteiger partial charge in [0, 0.05) is 37.4 Å². The Morgan fingerprint density at radius 3 is 2.26 bits per heavy atom. The highest BCUT2D eigenvalue weighted by Gasteiger charge is 2.25. The molecule has 3 amide bonds. The van der Waals surface area contributed by atoms with E-state index in [1.807, 2.05) is 0 Å². The van der Waals surface area contributed by atoms with Gasteiger partial charge < -0.3 is 19.9 Å². The third-order valence-electron chi connectivity index (χ3n) is 4.35. The lowest BCUT2D eigenvalue weighted by Crippen LogP contribution is -2.51. The van der Waals surface area contributed by atoms with Gasteiger partial charge in [-0.05, 0) is 42.5 Å². The van der Waals surface area contributed by atoms with Crippen molar-refractivity contribution in [1.82, 2.24) is 9.80 Å². The molecular weight excluding hydrogens is 373 g/mol. The summed E-state index contributed by atoms with van der Waals surface area (Å²) in [5, 5.41) is 3.20. The molecule has 1 saturated heterocycles. The smallest absolute Gasteiger partial charge is 0.321 e. The molecule has 0 aromatic heterocycles. The molecule has 0 radical (unpaired) electrons. The van der Waals surface area contributed by atoms with E-state index in [0.717, 1.165) is 0 Å². The second kappa shape index (κ2) is 8.26. The van der Waals surface area contributed by atoms with E-state index >= 15 is 0 Å². The van der Waals surface area contributed by atoms with Crippen LogP contribution in [0.15, 0.2) is 42.5 Å². The number of piperazine rings is 1. The number of hydrogen-bond donors (Lipinski definition) is 1. The van der Waals surface area contributed by atoms with Gasteiger partial charge in [-0.25, -0.2) is 9.18 Å². The van der Waals surface area contributed by atoms with E-state index in [-0.39, 0.29) is 17.8 Å². The first-order chi connectivity index (χ1) is 13.0. The molecule has 27 heavy (non-hydrogen) atoms. The Hall–Kier alpha value is -2.80. The maximum Gasteiger partial charge on any atom is 0.321 e. The third kappa shape index (κ3) is 4.49. The van der Waals surface area contributed by atoms with Gasteiger partial charge in [-0.3, -0.25) is 4.79 Å². The lowest BCUT2D eigenvalue weighted by atomic mass is 10.2. The summed E-state index contributed by atoms with van der Waals surface area (Å²) in [4.78, 5) is 28.1. The minimum absolute atomic E-state index is 0.169. The minimum Gasteiger partial charge on any atom is -0.495 e. The molecular formula is C19H19ClFN3O3. The highest BCUT2D eigenvalue weighted by atomic mass is 35.5. The fraction of sp³-hybridized carbons (Fsp3) is 0.263. The summed E-state index contributed by atoms with van der Waals surface area (Å²) < 4.78 is 18.1. The zero-order chi connectivity index (χ0) is 19.4. The van der Waals surface area contributed by atoms with E-state index in [0.29, 0.717) is 48.2 Å². The highest BCUT2D eigenvalue weighted by molar-refractivity contribution is 6.32. The summed E-state index contributed by atoms with van der Waals surface area (Å²) in [5.74, 6) is -0.0220. The van der Waals surface area contributed by atoms with Crippen LogP contribution in [0.1, 0.15) is 10.4 Å². The van der Waals surface area contributed by atoms with Crippen LogP contribution in [-0.2, 0) is 0 Å². The fourth-order valence-corrected chi connectivity index (χ4v) is 3.09. The molecule has 1 heterocycles. The van der Waals surface area contributed by atoms with E-state index in [4.69, 9.17) is 16.3 Å². The molecule has 1 N–H and O–H groups in total. The number of hydrogen-bond acceptors (Lipinski definition) is 3. The van der Waals surface area contributed by atoms with Crippen molar-refractivity contribution in [2.45, 2.75) is 0 Å². The Bertz CT molecular complexity index is 837. The first kappa shape index (κ1) is 19.0. The van der Waals surface area contributed by atoms with Crippen molar-refractivity contribution in [3.8, 4) is 5.75 Å². The van der Waals surface area contributed by atoms with Gasteiger partial charge in [-0.2, -0.15) is 0 Å². The van der Waals surface area contributed by atoms with Crippen LogP contribution in [0.2, 0.25) is 5.02 Å². The Balaban J connectivity index is 1.55. The zero-order valence-electron chi connectivity index (χ0n) is 14.7. The molecule has 3 rings (SSSR count). The van der Waals surface area contributed by atoms with Crippen LogP contribution in [0.25, 0.3) is 0 Å².